The number of amides is 3. The second-order valence-corrected chi connectivity index (χ2v) is 10.2. The minimum absolute atomic E-state index is 0.194. The molecule has 0 saturated carbocycles. The average molecular weight is 557 g/mol. The van der Waals surface area contributed by atoms with Gasteiger partial charge in [-0.2, -0.15) is 0 Å². The molecule has 2 atom stereocenters. The van der Waals surface area contributed by atoms with Gasteiger partial charge in [0.2, 0.25) is 11.7 Å². The topological polar surface area (TPSA) is 114 Å². The highest BCUT2D eigenvalue weighted by Gasteiger charge is 2.42. The maximum absolute atomic E-state index is 15.3. The van der Waals surface area contributed by atoms with E-state index in [1.54, 1.807) is 54.6 Å². The van der Waals surface area contributed by atoms with Crippen molar-refractivity contribution in [3.8, 4) is 0 Å². The van der Waals surface area contributed by atoms with Gasteiger partial charge in [0.25, 0.3) is 11.8 Å². The zero-order chi connectivity index (χ0) is 28.8. The van der Waals surface area contributed by atoms with Gasteiger partial charge in [-0.05, 0) is 31.0 Å². The molecular weight excluding hydrogens is 522 g/mol. The number of morpholine rings is 1. The van der Waals surface area contributed by atoms with Gasteiger partial charge < -0.3 is 24.7 Å². The summed E-state index contributed by atoms with van der Waals surface area (Å²) in [6.07, 6.45) is -0.874. The molecule has 9 nitrogen and oxygen atoms in total. The third-order valence-electron chi connectivity index (χ3n) is 6.86. The molecule has 2 heterocycles. The number of carbonyl (C=O) groups is 3. The number of hydrogen-bond donors (Lipinski definition) is 2. The van der Waals surface area contributed by atoms with Crippen LogP contribution in [-0.4, -0.2) is 71.4 Å². The number of para-hydroxylation sites is 2. The van der Waals surface area contributed by atoms with Crippen LogP contribution < -0.4 is 10.6 Å². The first-order chi connectivity index (χ1) is 19.1. The maximum atomic E-state index is 15.3. The quantitative estimate of drug-likeness (QED) is 0.339. The molecule has 40 heavy (non-hydrogen) atoms. The van der Waals surface area contributed by atoms with Gasteiger partial charge in [0.15, 0.2) is 5.58 Å². The Labute approximate surface area is 231 Å². The Balaban J connectivity index is 1.57. The first kappa shape index (κ1) is 29.1. The highest BCUT2D eigenvalue weighted by molar-refractivity contribution is 6.03. The smallest absolute Gasteiger partial charge is 0.318 e. The van der Waals surface area contributed by atoms with Gasteiger partial charge in [0.05, 0.1) is 13.2 Å². The largest absolute Gasteiger partial charge is 0.434 e. The molecule has 3 aromatic rings. The predicted molar refractivity (Wildman–Crippen MR) is 144 cm³/mol. The van der Waals surface area contributed by atoms with Crippen LogP contribution in [0.2, 0.25) is 0 Å². The molecule has 4 rings (SSSR count). The molecule has 214 valence electrons. The van der Waals surface area contributed by atoms with Crippen LogP contribution in [0.5, 0.6) is 0 Å². The summed E-state index contributed by atoms with van der Waals surface area (Å²) in [7, 11) is 0. The number of alkyl halides is 2. The summed E-state index contributed by atoms with van der Waals surface area (Å²) in [4.78, 5) is 45.7. The van der Waals surface area contributed by atoms with E-state index in [-0.39, 0.29) is 25.4 Å². The fourth-order valence-electron chi connectivity index (χ4n) is 4.78. The second kappa shape index (κ2) is 12.5. The average Bonchev–Trinajstić information content (AvgIpc) is 3.37. The first-order valence-corrected chi connectivity index (χ1v) is 13.4. The Kier molecular flexibility index (Phi) is 9.14. The van der Waals surface area contributed by atoms with Gasteiger partial charge in [0, 0.05) is 25.9 Å². The zero-order valence-electron chi connectivity index (χ0n) is 22.6. The minimum Gasteiger partial charge on any atom is -0.434 e. The predicted octanol–water partition coefficient (Wildman–Crippen LogP) is 4.36. The highest BCUT2D eigenvalue weighted by Crippen LogP contribution is 2.27. The zero-order valence-corrected chi connectivity index (χ0v) is 22.6. The number of hydrogen-bond acceptors (Lipinski definition) is 6. The van der Waals surface area contributed by atoms with Gasteiger partial charge in [-0.25, -0.2) is 18.6 Å². The molecule has 3 amide bonds. The molecule has 2 aromatic carbocycles. The molecule has 0 spiro atoms. The summed E-state index contributed by atoms with van der Waals surface area (Å²) in [5.74, 6) is -5.00. The minimum atomic E-state index is -3.33. The Morgan fingerprint density at radius 1 is 1.05 bits per heavy atom. The summed E-state index contributed by atoms with van der Waals surface area (Å²) in [5.41, 5.74) is -0.226. The SMILES string of the molecule is CCC[C@](C)(NC(=O)C(CC(F)(F)Cc1ccccc1)NC(=O)N1CCOCC1)C(=O)c1nc2ccccc2o1. The van der Waals surface area contributed by atoms with E-state index in [0.717, 1.165) is 0 Å². The van der Waals surface area contributed by atoms with Crippen molar-refractivity contribution in [2.24, 2.45) is 0 Å². The second-order valence-electron chi connectivity index (χ2n) is 10.2. The lowest BCUT2D eigenvalue weighted by atomic mass is 9.89. The van der Waals surface area contributed by atoms with Gasteiger partial charge in [-0.1, -0.05) is 55.8 Å². The van der Waals surface area contributed by atoms with E-state index in [9.17, 15) is 14.4 Å². The van der Waals surface area contributed by atoms with Gasteiger partial charge in [-0.3, -0.25) is 9.59 Å². The number of oxazole rings is 1. The van der Waals surface area contributed by atoms with Crippen LogP contribution in [-0.2, 0) is 16.0 Å². The lowest BCUT2D eigenvalue weighted by Gasteiger charge is -2.33. The number of benzene rings is 2. The molecule has 1 unspecified atom stereocenters. The van der Waals surface area contributed by atoms with E-state index in [1.165, 1.54) is 11.8 Å². The summed E-state index contributed by atoms with van der Waals surface area (Å²) >= 11 is 0. The number of nitrogens with zero attached hydrogens (tertiary/aromatic N) is 2. The van der Waals surface area contributed by atoms with Crippen LogP contribution in [0.15, 0.2) is 59.0 Å². The van der Waals surface area contributed by atoms with E-state index in [1.807, 2.05) is 6.92 Å². The Morgan fingerprint density at radius 3 is 2.40 bits per heavy atom. The first-order valence-electron chi connectivity index (χ1n) is 13.4. The van der Waals surface area contributed by atoms with Crippen molar-refractivity contribution in [2.45, 2.75) is 57.0 Å². The summed E-state index contributed by atoms with van der Waals surface area (Å²) in [6.45, 7) is 4.49. The van der Waals surface area contributed by atoms with E-state index in [0.29, 0.717) is 36.3 Å². The number of Topliss-reactive ketones (excluding diaryl/α,β-unsaturated/α-hetero) is 1. The standard InChI is InChI=1S/C29H34F2N4O5/c1-3-13-28(2,24(36)26-32-21-11-7-8-12-23(21)40-26)34-25(37)22(33-27(38)35-14-16-39-17-15-35)19-29(30,31)18-20-9-5-4-6-10-20/h4-12,22H,3,13-19H2,1-2H3,(H,33,38)(H,34,37)/t22?,28-/m0/s1. The van der Waals surface area contributed by atoms with E-state index < -0.39 is 48.1 Å². The number of halogens is 2. The van der Waals surface area contributed by atoms with Crippen LogP contribution in [0, 0.1) is 0 Å². The van der Waals surface area contributed by atoms with Crippen molar-refractivity contribution < 1.29 is 32.3 Å². The molecule has 0 radical (unpaired) electrons. The molecule has 1 aliphatic rings. The van der Waals surface area contributed by atoms with Crippen LogP contribution >= 0.6 is 0 Å². The monoisotopic (exact) mass is 556 g/mol. The molecule has 1 fully saturated rings. The number of aromatic nitrogens is 1. The number of rotatable bonds is 11. The fraction of sp³-hybridized carbons (Fsp3) is 0.448. The van der Waals surface area contributed by atoms with Gasteiger partial charge in [0.1, 0.15) is 17.1 Å². The normalized spacial score (nSPS) is 16.2. The Bertz CT molecular complexity index is 1290. The maximum Gasteiger partial charge on any atom is 0.318 e. The van der Waals surface area contributed by atoms with E-state index >= 15 is 8.78 Å². The lowest BCUT2D eigenvalue weighted by molar-refractivity contribution is -0.127. The number of urea groups is 1. The molecule has 1 aliphatic heterocycles. The molecule has 1 saturated heterocycles. The van der Waals surface area contributed by atoms with Crippen molar-refractivity contribution in [3.63, 3.8) is 0 Å². The number of ether oxygens (including phenoxy) is 1. The van der Waals surface area contributed by atoms with Crippen molar-refractivity contribution in [1.82, 2.24) is 20.5 Å². The van der Waals surface area contributed by atoms with E-state index in [4.69, 9.17) is 9.15 Å². The van der Waals surface area contributed by atoms with Gasteiger partial charge >= 0.3 is 6.03 Å². The Hall–Kier alpha value is -3.86. The Morgan fingerprint density at radius 2 is 1.73 bits per heavy atom. The van der Waals surface area contributed by atoms with Crippen LogP contribution in [0.4, 0.5) is 13.6 Å². The lowest BCUT2D eigenvalue weighted by Crippen LogP contribution is -2.60. The van der Waals surface area contributed by atoms with Crippen LogP contribution in [0.1, 0.15) is 49.4 Å². The van der Waals surface area contributed by atoms with Crippen molar-refractivity contribution >= 4 is 28.8 Å². The molecular formula is C29H34F2N4O5. The van der Waals surface area contributed by atoms with Gasteiger partial charge in [-0.15, -0.1) is 0 Å². The number of carbonyl (C=O) groups excluding carboxylic acids is 3. The highest BCUT2D eigenvalue weighted by atomic mass is 19.3. The molecule has 11 heteroatoms. The number of fused-ring (bicyclic) bond motifs is 1. The van der Waals surface area contributed by atoms with Crippen LogP contribution in [0.25, 0.3) is 11.1 Å². The van der Waals surface area contributed by atoms with Crippen LogP contribution in [0.3, 0.4) is 0 Å². The molecule has 2 N–H and O–H groups in total. The summed E-state index contributed by atoms with van der Waals surface area (Å²) < 4.78 is 41.5. The number of nitrogens with one attached hydrogen (secondary N) is 2. The fourth-order valence-corrected chi connectivity index (χ4v) is 4.78. The third kappa shape index (κ3) is 7.20. The van der Waals surface area contributed by atoms with E-state index in [2.05, 4.69) is 15.6 Å². The van der Waals surface area contributed by atoms with Crippen molar-refractivity contribution in [2.75, 3.05) is 26.3 Å². The summed E-state index contributed by atoms with van der Waals surface area (Å²) in [6, 6.07) is 12.8. The third-order valence-corrected chi connectivity index (χ3v) is 6.86. The summed E-state index contributed by atoms with van der Waals surface area (Å²) in [5, 5.41) is 5.13. The molecule has 0 bridgehead atoms. The molecule has 0 aliphatic carbocycles. The van der Waals surface area contributed by atoms with Crippen molar-refractivity contribution in [1.29, 1.82) is 0 Å². The number of ketones is 1. The van der Waals surface area contributed by atoms with Crippen molar-refractivity contribution in [3.05, 3.63) is 66.1 Å². The molecule has 1 aromatic heterocycles.